The number of hydrogen-bond acceptors (Lipinski definition) is 4. The molecule has 1 aliphatic heterocycles. The molecule has 2 rings (SSSR count). The van der Waals surface area contributed by atoms with Gasteiger partial charge in [-0.2, -0.15) is 0 Å². The molecule has 1 atom stereocenters. The molecule has 7 heteroatoms. The van der Waals surface area contributed by atoms with Gasteiger partial charge in [-0.1, -0.05) is 0 Å². The van der Waals surface area contributed by atoms with Gasteiger partial charge in [-0.25, -0.2) is 0 Å². The fraction of sp³-hybridized carbons (Fsp3) is 0.632. The van der Waals surface area contributed by atoms with Gasteiger partial charge >= 0.3 is 0 Å². The SMILES string of the molecule is CCNC(=NCCCOc1ccc(OC)cc1)N1CCC(COC)C1.I. The maximum Gasteiger partial charge on any atom is 0.193 e. The highest BCUT2D eigenvalue weighted by molar-refractivity contribution is 14.0. The number of nitrogens with zero attached hydrogens (tertiary/aromatic N) is 2. The third kappa shape index (κ3) is 7.57. The molecule has 0 radical (unpaired) electrons. The average Bonchev–Trinajstić information content (AvgIpc) is 3.10. The number of likely N-dealkylation sites (tertiary alicyclic amines) is 1. The summed E-state index contributed by atoms with van der Waals surface area (Å²) < 4.78 is 16.2. The summed E-state index contributed by atoms with van der Waals surface area (Å²) in [4.78, 5) is 7.07. The molecule has 0 bridgehead atoms. The third-order valence-corrected chi connectivity index (χ3v) is 4.21. The number of ether oxygens (including phenoxy) is 3. The molecule has 1 aromatic carbocycles. The van der Waals surface area contributed by atoms with E-state index >= 15 is 0 Å². The molecule has 1 fully saturated rings. The number of rotatable bonds is 9. The second kappa shape index (κ2) is 13.0. The van der Waals surface area contributed by atoms with Gasteiger partial charge in [-0.15, -0.1) is 24.0 Å². The Kier molecular flexibility index (Phi) is 11.4. The van der Waals surface area contributed by atoms with Gasteiger partial charge in [0.15, 0.2) is 5.96 Å². The van der Waals surface area contributed by atoms with E-state index in [1.165, 1.54) is 6.42 Å². The van der Waals surface area contributed by atoms with Crippen molar-refractivity contribution in [3.63, 3.8) is 0 Å². The highest BCUT2D eigenvalue weighted by atomic mass is 127. The summed E-state index contributed by atoms with van der Waals surface area (Å²) in [6.07, 6.45) is 2.05. The number of halogens is 1. The summed E-state index contributed by atoms with van der Waals surface area (Å²) in [5.74, 6) is 3.31. The molecular weight excluding hydrogens is 445 g/mol. The Hall–Kier alpha value is -1.22. The number of hydrogen-bond donors (Lipinski definition) is 1. The van der Waals surface area contributed by atoms with E-state index in [0.717, 1.165) is 56.7 Å². The molecule has 0 aliphatic carbocycles. The van der Waals surface area contributed by atoms with Crippen LogP contribution in [0.15, 0.2) is 29.3 Å². The van der Waals surface area contributed by atoms with Crippen LogP contribution in [0.1, 0.15) is 19.8 Å². The second-order valence-corrected chi connectivity index (χ2v) is 6.17. The Morgan fingerprint density at radius 2 is 1.96 bits per heavy atom. The van der Waals surface area contributed by atoms with Crippen LogP contribution in [0, 0.1) is 5.92 Å². The van der Waals surface area contributed by atoms with Crippen LogP contribution in [0.25, 0.3) is 0 Å². The second-order valence-electron chi connectivity index (χ2n) is 6.17. The Morgan fingerprint density at radius 3 is 2.62 bits per heavy atom. The summed E-state index contributed by atoms with van der Waals surface area (Å²) in [5, 5.41) is 3.39. The fourth-order valence-electron chi connectivity index (χ4n) is 2.93. The highest BCUT2D eigenvalue weighted by Gasteiger charge is 2.24. The van der Waals surface area contributed by atoms with E-state index in [-0.39, 0.29) is 24.0 Å². The van der Waals surface area contributed by atoms with Gasteiger partial charge in [-0.3, -0.25) is 4.99 Å². The zero-order valence-corrected chi connectivity index (χ0v) is 18.4. The fourth-order valence-corrected chi connectivity index (χ4v) is 2.93. The van der Waals surface area contributed by atoms with Gasteiger partial charge < -0.3 is 24.4 Å². The number of aliphatic imine (C=N–C) groups is 1. The van der Waals surface area contributed by atoms with Crippen molar-refractivity contribution in [3.05, 3.63) is 24.3 Å². The number of methoxy groups -OCH3 is 2. The van der Waals surface area contributed by atoms with E-state index < -0.39 is 0 Å². The standard InChI is InChI=1S/C19H31N3O3.HI/c1-4-20-19(22-12-10-16(14-22)15-23-2)21-11-5-13-25-18-8-6-17(24-3)7-9-18;/h6-9,16H,4-5,10-15H2,1-3H3,(H,20,21);1H. The number of nitrogens with one attached hydrogen (secondary N) is 1. The van der Waals surface area contributed by atoms with E-state index in [4.69, 9.17) is 19.2 Å². The van der Waals surface area contributed by atoms with Crippen molar-refractivity contribution in [2.75, 3.05) is 53.6 Å². The first-order chi connectivity index (χ1) is 12.3. The average molecular weight is 477 g/mol. The molecule has 1 saturated heterocycles. The summed E-state index contributed by atoms with van der Waals surface area (Å²) in [6, 6.07) is 7.65. The normalized spacial score (nSPS) is 17.0. The first-order valence-electron chi connectivity index (χ1n) is 9.05. The van der Waals surface area contributed by atoms with Gasteiger partial charge in [-0.05, 0) is 37.6 Å². The Labute approximate surface area is 174 Å². The molecule has 1 N–H and O–H groups in total. The molecule has 1 aliphatic rings. The van der Waals surface area contributed by atoms with Crippen molar-refractivity contribution in [2.24, 2.45) is 10.9 Å². The minimum atomic E-state index is 0. The van der Waals surface area contributed by atoms with Gasteiger partial charge in [0.2, 0.25) is 0 Å². The van der Waals surface area contributed by atoms with Crippen molar-refractivity contribution in [3.8, 4) is 11.5 Å². The van der Waals surface area contributed by atoms with E-state index in [1.54, 1.807) is 14.2 Å². The number of benzene rings is 1. The summed E-state index contributed by atoms with van der Waals surface area (Å²) in [6.45, 7) is 7.28. The van der Waals surface area contributed by atoms with Crippen LogP contribution in [-0.2, 0) is 4.74 Å². The molecule has 148 valence electrons. The molecule has 1 aromatic rings. The van der Waals surface area contributed by atoms with Crippen LogP contribution >= 0.6 is 24.0 Å². The lowest BCUT2D eigenvalue weighted by Crippen LogP contribution is -2.40. The Balaban J connectivity index is 0.00000338. The van der Waals surface area contributed by atoms with Gasteiger partial charge in [0.05, 0.1) is 20.3 Å². The molecule has 0 saturated carbocycles. The largest absolute Gasteiger partial charge is 0.497 e. The van der Waals surface area contributed by atoms with Gasteiger partial charge in [0.25, 0.3) is 0 Å². The van der Waals surface area contributed by atoms with Gasteiger partial charge in [0.1, 0.15) is 11.5 Å². The zero-order valence-electron chi connectivity index (χ0n) is 16.1. The summed E-state index contributed by atoms with van der Waals surface area (Å²) in [5.41, 5.74) is 0. The van der Waals surface area contributed by atoms with Crippen LogP contribution < -0.4 is 14.8 Å². The van der Waals surface area contributed by atoms with Crippen molar-refractivity contribution in [2.45, 2.75) is 19.8 Å². The third-order valence-electron chi connectivity index (χ3n) is 4.21. The maximum absolute atomic E-state index is 5.75. The lowest BCUT2D eigenvalue weighted by atomic mass is 10.1. The first kappa shape index (κ1) is 22.8. The quantitative estimate of drug-likeness (QED) is 0.257. The number of guanidine groups is 1. The van der Waals surface area contributed by atoms with E-state index in [9.17, 15) is 0 Å². The summed E-state index contributed by atoms with van der Waals surface area (Å²) >= 11 is 0. The monoisotopic (exact) mass is 477 g/mol. The first-order valence-corrected chi connectivity index (χ1v) is 9.05. The van der Waals surface area contributed by atoms with Crippen molar-refractivity contribution in [1.82, 2.24) is 10.2 Å². The Morgan fingerprint density at radius 1 is 1.23 bits per heavy atom. The van der Waals surface area contributed by atoms with Crippen molar-refractivity contribution < 1.29 is 14.2 Å². The predicted octanol–water partition coefficient (Wildman–Crippen LogP) is 3.02. The lowest BCUT2D eigenvalue weighted by Gasteiger charge is -2.21. The molecular formula is C19H32IN3O3. The molecule has 1 heterocycles. The molecule has 6 nitrogen and oxygen atoms in total. The van der Waals surface area contributed by atoms with Crippen LogP contribution in [-0.4, -0.2) is 64.5 Å². The molecule has 26 heavy (non-hydrogen) atoms. The highest BCUT2D eigenvalue weighted by Crippen LogP contribution is 2.17. The Bertz CT molecular complexity index is 525. The molecule has 1 unspecified atom stereocenters. The van der Waals surface area contributed by atoms with Crippen molar-refractivity contribution in [1.29, 1.82) is 0 Å². The molecule has 0 amide bonds. The molecule has 0 spiro atoms. The van der Waals surface area contributed by atoms with Crippen LogP contribution in [0.4, 0.5) is 0 Å². The van der Waals surface area contributed by atoms with Crippen LogP contribution in [0.2, 0.25) is 0 Å². The van der Waals surface area contributed by atoms with E-state index in [2.05, 4.69) is 17.1 Å². The van der Waals surface area contributed by atoms with Crippen molar-refractivity contribution >= 4 is 29.9 Å². The smallest absolute Gasteiger partial charge is 0.193 e. The minimum Gasteiger partial charge on any atom is -0.497 e. The van der Waals surface area contributed by atoms with E-state index in [0.29, 0.717) is 12.5 Å². The predicted molar refractivity (Wildman–Crippen MR) is 116 cm³/mol. The van der Waals surface area contributed by atoms with Gasteiger partial charge in [0, 0.05) is 45.6 Å². The van der Waals surface area contributed by atoms with Crippen LogP contribution in [0.3, 0.4) is 0 Å². The molecule has 0 aromatic heterocycles. The van der Waals surface area contributed by atoms with E-state index in [1.807, 2.05) is 24.3 Å². The maximum atomic E-state index is 5.75. The van der Waals surface area contributed by atoms with Crippen LogP contribution in [0.5, 0.6) is 11.5 Å². The summed E-state index contributed by atoms with van der Waals surface area (Å²) in [7, 11) is 3.43. The minimum absolute atomic E-state index is 0. The zero-order chi connectivity index (χ0) is 17.9. The topological polar surface area (TPSA) is 55.3 Å². The lowest BCUT2D eigenvalue weighted by molar-refractivity contribution is 0.157.